The maximum Gasteiger partial charge on any atom is 0.122 e. The molecule has 2 N–H and O–H groups in total. The molecule has 70 valence electrons. The predicted octanol–water partition coefficient (Wildman–Crippen LogP) is 2.21. The van der Waals surface area contributed by atoms with Gasteiger partial charge in [0.2, 0.25) is 0 Å². The Labute approximate surface area is 83.5 Å². The van der Waals surface area contributed by atoms with Crippen LogP contribution in [0.25, 0.3) is 0 Å². The van der Waals surface area contributed by atoms with Crippen molar-refractivity contribution in [2.75, 3.05) is 0 Å². The quantitative estimate of drug-likeness (QED) is 0.714. The van der Waals surface area contributed by atoms with Gasteiger partial charge in [0.1, 0.15) is 5.84 Å². The summed E-state index contributed by atoms with van der Waals surface area (Å²) >= 11 is 0. The van der Waals surface area contributed by atoms with Gasteiger partial charge in [-0.1, -0.05) is 42.5 Å². The summed E-state index contributed by atoms with van der Waals surface area (Å²) in [7, 11) is 0. The number of allylic oxidation sites excluding steroid dienone is 2. The molecule has 2 heteroatoms. The fraction of sp³-hybridized carbons (Fsp3) is 0.0833. The minimum Gasteiger partial charge on any atom is -0.384 e. The molecule has 0 saturated carbocycles. The van der Waals surface area contributed by atoms with Gasteiger partial charge in [-0.2, -0.15) is 0 Å². The third-order valence-electron chi connectivity index (χ3n) is 2.18. The van der Waals surface area contributed by atoms with Crippen LogP contribution in [-0.2, 0) is 0 Å². The summed E-state index contributed by atoms with van der Waals surface area (Å²) in [6, 6.07) is 10.3. The van der Waals surface area contributed by atoms with Gasteiger partial charge in [-0.3, -0.25) is 0 Å². The van der Waals surface area contributed by atoms with Gasteiger partial charge in [0.15, 0.2) is 0 Å². The van der Waals surface area contributed by atoms with Gasteiger partial charge in [0.05, 0.1) is 0 Å². The van der Waals surface area contributed by atoms with Crippen molar-refractivity contribution in [3.63, 3.8) is 0 Å². The molecule has 0 saturated heterocycles. The van der Waals surface area contributed by atoms with Gasteiger partial charge >= 0.3 is 0 Å². The lowest BCUT2D eigenvalue weighted by atomic mass is 9.99. The largest absolute Gasteiger partial charge is 0.384 e. The second kappa shape index (κ2) is 3.92. The Morgan fingerprint density at radius 3 is 2.64 bits per heavy atom. The van der Waals surface area contributed by atoms with E-state index in [0.29, 0.717) is 5.84 Å². The second-order valence-corrected chi connectivity index (χ2v) is 3.19. The summed E-state index contributed by atoms with van der Waals surface area (Å²) in [6.45, 7) is 0. The molecule has 1 aliphatic rings. The Morgan fingerprint density at radius 1 is 1.07 bits per heavy atom. The smallest absolute Gasteiger partial charge is 0.122 e. The van der Waals surface area contributed by atoms with E-state index < -0.39 is 0 Å². The van der Waals surface area contributed by atoms with Gasteiger partial charge in [-0.25, -0.2) is 4.99 Å². The predicted molar refractivity (Wildman–Crippen MR) is 59.1 cm³/mol. The lowest BCUT2D eigenvalue weighted by molar-refractivity contribution is 1.08. The third kappa shape index (κ3) is 1.91. The minimum absolute atomic E-state index is 0.279. The SMILES string of the molecule is NC1=NC=CC(c2ccccc2)C=C1. The monoisotopic (exact) mass is 184 g/mol. The van der Waals surface area contributed by atoms with Crippen LogP contribution < -0.4 is 5.73 Å². The number of aliphatic imine (C=N–C) groups is 1. The van der Waals surface area contributed by atoms with Gasteiger partial charge in [0, 0.05) is 12.1 Å². The maximum absolute atomic E-state index is 5.59. The number of nitrogens with zero attached hydrogens (tertiary/aromatic N) is 1. The van der Waals surface area contributed by atoms with E-state index >= 15 is 0 Å². The molecular formula is C12H12N2. The molecule has 2 rings (SSSR count). The van der Waals surface area contributed by atoms with Crippen molar-refractivity contribution in [1.29, 1.82) is 0 Å². The summed E-state index contributed by atoms with van der Waals surface area (Å²) in [5.74, 6) is 0.834. The summed E-state index contributed by atoms with van der Waals surface area (Å²) in [5.41, 5.74) is 6.84. The first kappa shape index (κ1) is 8.75. The Hall–Kier alpha value is -1.83. The van der Waals surface area contributed by atoms with E-state index in [9.17, 15) is 0 Å². The van der Waals surface area contributed by atoms with Crippen LogP contribution in [-0.4, -0.2) is 5.84 Å². The number of hydrogen-bond donors (Lipinski definition) is 1. The van der Waals surface area contributed by atoms with Crippen LogP contribution in [0.4, 0.5) is 0 Å². The molecule has 14 heavy (non-hydrogen) atoms. The molecule has 1 heterocycles. The molecule has 0 bridgehead atoms. The lowest BCUT2D eigenvalue weighted by Crippen LogP contribution is -2.05. The van der Waals surface area contributed by atoms with E-state index in [1.165, 1.54) is 5.56 Å². The summed E-state index contributed by atoms with van der Waals surface area (Å²) in [5, 5.41) is 0. The molecule has 1 atom stereocenters. The fourth-order valence-electron chi connectivity index (χ4n) is 1.43. The Morgan fingerprint density at radius 2 is 1.86 bits per heavy atom. The number of nitrogens with two attached hydrogens (primary N) is 1. The molecule has 0 radical (unpaired) electrons. The van der Waals surface area contributed by atoms with Crippen molar-refractivity contribution < 1.29 is 0 Å². The van der Waals surface area contributed by atoms with Crippen molar-refractivity contribution in [1.82, 2.24) is 0 Å². The highest BCUT2D eigenvalue weighted by atomic mass is 14.8. The number of rotatable bonds is 1. The van der Waals surface area contributed by atoms with Gasteiger partial charge in [0.25, 0.3) is 0 Å². The Balaban J connectivity index is 2.27. The van der Waals surface area contributed by atoms with E-state index in [4.69, 9.17) is 5.73 Å². The second-order valence-electron chi connectivity index (χ2n) is 3.19. The number of amidine groups is 1. The Kier molecular flexibility index (Phi) is 2.45. The van der Waals surface area contributed by atoms with Crippen LogP contribution in [0.2, 0.25) is 0 Å². The standard InChI is InChI=1S/C12H12N2/c13-12-7-6-11(8-9-14-12)10-4-2-1-3-5-10/h1-9,11H,(H2,13,14). The topological polar surface area (TPSA) is 38.4 Å². The van der Waals surface area contributed by atoms with E-state index in [1.807, 2.05) is 30.4 Å². The molecule has 2 nitrogen and oxygen atoms in total. The first-order valence-electron chi connectivity index (χ1n) is 4.59. The van der Waals surface area contributed by atoms with Gasteiger partial charge in [-0.05, 0) is 11.6 Å². The first-order valence-corrected chi connectivity index (χ1v) is 4.59. The number of hydrogen-bond acceptors (Lipinski definition) is 2. The van der Waals surface area contributed by atoms with E-state index in [1.54, 1.807) is 6.20 Å². The van der Waals surface area contributed by atoms with Crippen LogP contribution in [0.1, 0.15) is 11.5 Å². The lowest BCUT2D eigenvalue weighted by Gasteiger charge is -2.05. The molecular weight excluding hydrogens is 172 g/mol. The van der Waals surface area contributed by atoms with Crippen molar-refractivity contribution in [3.8, 4) is 0 Å². The highest BCUT2D eigenvalue weighted by Crippen LogP contribution is 2.19. The van der Waals surface area contributed by atoms with Crippen molar-refractivity contribution in [3.05, 3.63) is 60.3 Å². The van der Waals surface area contributed by atoms with Crippen LogP contribution in [0.3, 0.4) is 0 Å². The van der Waals surface area contributed by atoms with E-state index in [0.717, 1.165) is 0 Å². The molecule has 1 aliphatic heterocycles. The van der Waals surface area contributed by atoms with Gasteiger partial charge < -0.3 is 5.73 Å². The molecule has 1 aromatic carbocycles. The van der Waals surface area contributed by atoms with Crippen LogP contribution in [0.15, 0.2) is 59.8 Å². The van der Waals surface area contributed by atoms with Gasteiger partial charge in [-0.15, -0.1) is 0 Å². The van der Waals surface area contributed by atoms with E-state index in [2.05, 4.69) is 23.2 Å². The maximum atomic E-state index is 5.59. The third-order valence-corrected chi connectivity index (χ3v) is 2.18. The molecule has 0 aromatic heterocycles. The van der Waals surface area contributed by atoms with Crippen LogP contribution in [0.5, 0.6) is 0 Å². The van der Waals surface area contributed by atoms with Crippen molar-refractivity contribution in [2.45, 2.75) is 5.92 Å². The molecule has 0 aliphatic carbocycles. The molecule has 0 fully saturated rings. The zero-order valence-electron chi connectivity index (χ0n) is 7.80. The van der Waals surface area contributed by atoms with E-state index in [-0.39, 0.29) is 5.92 Å². The highest BCUT2D eigenvalue weighted by Gasteiger charge is 2.04. The average molecular weight is 184 g/mol. The van der Waals surface area contributed by atoms with Crippen LogP contribution >= 0.6 is 0 Å². The van der Waals surface area contributed by atoms with Crippen molar-refractivity contribution >= 4 is 5.84 Å². The molecule has 1 unspecified atom stereocenters. The summed E-state index contributed by atoms with van der Waals surface area (Å²) < 4.78 is 0. The number of benzene rings is 1. The average Bonchev–Trinajstić information content (AvgIpc) is 2.44. The highest BCUT2D eigenvalue weighted by molar-refractivity contribution is 5.92. The minimum atomic E-state index is 0.279. The molecule has 0 spiro atoms. The fourth-order valence-corrected chi connectivity index (χ4v) is 1.43. The van der Waals surface area contributed by atoms with Crippen LogP contribution in [0, 0.1) is 0 Å². The first-order chi connectivity index (χ1) is 6.86. The van der Waals surface area contributed by atoms with Crippen molar-refractivity contribution in [2.24, 2.45) is 10.7 Å². The molecule has 1 aromatic rings. The Bertz CT molecular complexity index is 388. The zero-order valence-corrected chi connectivity index (χ0v) is 7.80. The summed E-state index contributed by atoms with van der Waals surface area (Å²) in [6.07, 6.45) is 7.69. The summed E-state index contributed by atoms with van der Waals surface area (Å²) in [4.78, 5) is 4.03. The zero-order chi connectivity index (χ0) is 9.80. The molecule has 0 amide bonds. The normalized spacial score (nSPS) is 20.3.